The van der Waals surface area contributed by atoms with Crippen LogP contribution in [0.25, 0.3) is 10.6 Å². The third kappa shape index (κ3) is 2.39. The summed E-state index contributed by atoms with van der Waals surface area (Å²) in [5.74, 6) is 0. The minimum absolute atomic E-state index is 1.05. The van der Waals surface area contributed by atoms with Crippen LogP contribution in [-0.2, 0) is 0 Å². The Kier molecular flexibility index (Phi) is 3.85. The molecule has 0 unspecified atom stereocenters. The molecule has 0 saturated carbocycles. The van der Waals surface area contributed by atoms with Crippen LogP contribution < -0.4 is 8.56 Å². The zero-order chi connectivity index (χ0) is 11.4. The third-order valence-corrected chi connectivity index (χ3v) is 4.66. The van der Waals surface area contributed by atoms with E-state index in [0.29, 0.717) is 0 Å². The first-order chi connectivity index (χ1) is 7.85. The van der Waals surface area contributed by atoms with E-state index in [1.54, 1.807) is 22.9 Å². The normalized spacial score (nSPS) is 10.4. The Hall–Kier alpha value is -1.00. The maximum Gasteiger partial charge on any atom is 0.333 e. The van der Waals surface area contributed by atoms with Gasteiger partial charge in [-0.2, -0.15) is 4.37 Å². The van der Waals surface area contributed by atoms with Gasteiger partial charge >= 0.3 is 3.98 Å². The van der Waals surface area contributed by atoms with Crippen LogP contribution in [-0.4, -0.2) is 17.5 Å². The van der Waals surface area contributed by atoms with Crippen LogP contribution >= 0.6 is 22.9 Å². The zero-order valence-electron chi connectivity index (χ0n) is 9.51. The van der Waals surface area contributed by atoms with Crippen molar-refractivity contribution in [1.82, 2.24) is 8.95 Å². The zero-order valence-corrected chi connectivity index (χ0v) is 11.1. The molecule has 0 N–H and O–H groups in total. The Labute approximate surface area is 104 Å². The maximum absolute atomic E-state index is 4.52. The number of hydrogen-bond acceptors (Lipinski definition) is 3. The van der Waals surface area contributed by atoms with Crippen molar-refractivity contribution in [1.29, 1.82) is 0 Å². The fraction of sp³-hybridized carbons (Fsp3) is 0.333. The van der Waals surface area contributed by atoms with Crippen LogP contribution in [0, 0.1) is 0 Å². The summed E-state index contributed by atoms with van der Waals surface area (Å²) in [6.07, 6.45) is 0. The van der Waals surface area contributed by atoms with E-state index in [4.69, 9.17) is 0 Å². The lowest BCUT2D eigenvalue weighted by Crippen LogP contribution is -2.25. The summed E-state index contributed by atoms with van der Waals surface area (Å²) in [7, 11) is 0. The molecule has 84 valence electrons. The summed E-state index contributed by atoms with van der Waals surface area (Å²) in [5, 5.41) is 1.12. The van der Waals surface area contributed by atoms with Gasteiger partial charge in [0.25, 0.3) is 0 Å². The van der Waals surface area contributed by atoms with E-state index in [0.717, 1.165) is 18.1 Å². The van der Waals surface area contributed by atoms with E-state index in [-0.39, 0.29) is 0 Å². The molecule has 0 atom stereocenters. The predicted molar refractivity (Wildman–Crippen MR) is 71.8 cm³/mol. The lowest BCUT2D eigenvalue weighted by Gasteiger charge is -1.92. The topological polar surface area (TPSA) is 15.9 Å². The lowest BCUT2D eigenvalue weighted by atomic mass is 10.2. The highest BCUT2D eigenvalue weighted by Gasteiger charge is 2.07. The summed E-state index contributed by atoms with van der Waals surface area (Å²) in [6, 6.07) is 10.4. The summed E-state index contributed by atoms with van der Waals surface area (Å²) in [5.41, 5.74) is 1.21. The molecule has 2 nitrogen and oxygen atoms in total. The van der Waals surface area contributed by atoms with Crippen LogP contribution in [0.2, 0.25) is 0 Å². The molecule has 0 radical (unpaired) electrons. The largest absolute Gasteiger partial charge is 0.333 e. The molecular weight excluding hydrogens is 236 g/mol. The minimum Gasteiger partial charge on any atom is -0.211 e. The monoisotopic (exact) mass is 251 g/mol. The van der Waals surface area contributed by atoms with Crippen LogP contribution in [0.15, 0.2) is 30.3 Å². The molecule has 0 aliphatic carbocycles. The first-order valence-electron chi connectivity index (χ1n) is 5.45. The van der Waals surface area contributed by atoms with E-state index in [1.165, 1.54) is 9.55 Å². The third-order valence-electron chi connectivity index (χ3n) is 2.43. The highest BCUT2D eigenvalue weighted by Crippen LogP contribution is 2.19. The van der Waals surface area contributed by atoms with E-state index in [1.807, 2.05) is 6.07 Å². The molecule has 1 aromatic heterocycles. The molecule has 0 aliphatic rings. The van der Waals surface area contributed by atoms with Crippen molar-refractivity contribution in [3.05, 3.63) is 34.3 Å². The molecule has 0 aliphatic heterocycles. The van der Waals surface area contributed by atoms with Gasteiger partial charge in [0, 0.05) is 17.1 Å². The van der Waals surface area contributed by atoms with Crippen molar-refractivity contribution in [2.45, 2.75) is 13.8 Å². The van der Waals surface area contributed by atoms with Gasteiger partial charge in [-0.15, -0.1) is 0 Å². The van der Waals surface area contributed by atoms with Crippen molar-refractivity contribution in [2.24, 2.45) is 0 Å². The standard InChI is InChI=1S/C12H15N2S2/c1-3-14(4-2)12-15-11(13-16-12)10-8-6-5-7-9-10/h5-9H,3-4H2,1-2H3/q+1. The summed E-state index contributed by atoms with van der Waals surface area (Å²) < 4.78 is 8.16. The maximum atomic E-state index is 4.52. The molecule has 0 saturated heterocycles. The van der Waals surface area contributed by atoms with Crippen molar-refractivity contribution in [2.75, 3.05) is 13.1 Å². The summed E-state index contributed by atoms with van der Waals surface area (Å²) >= 11 is 3.37. The van der Waals surface area contributed by atoms with Gasteiger partial charge in [0.15, 0.2) is 0 Å². The number of benzene rings is 1. The molecule has 0 amide bonds. The second kappa shape index (κ2) is 5.37. The highest BCUT2D eigenvalue weighted by molar-refractivity contribution is 7.25. The van der Waals surface area contributed by atoms with E-state index in [2.05, 4.69) is 47.1 Å². The minimum atomic E-state index is 1.05. The number of aromatic nitrogens is 1. The van der Waals surface area contributed by atoms with Crippen LogP contribution in [0.5, 0.6) is 0 Å². The van der Waals surface area contributed by atoms with Gasteiger partial charge in [-0.1, -0.05) is 30.3 Å². The fourth-order valence-corrected chi connectivity index (χ4v) is 3.70. The lowest BCUT2D eigenvalue weighted by molar-refractivity contribution is 0.643. The van der Waals surface area contributed by atoms with Gasteiger partial charge in [0.1, 0.15) is 18.1 Å². The average Bonchev–Trinajstić information content (AvgIpc) is 2.81. The van der Waals surface area contributed by atoms with Gasteiger partial charge in [0.2, 0.25) is 0 Å². The molecule has 16 heavy (non-hydrogen) atoms. The molecule has 0 fully saturated rings. The van der Waals surface area contributed by atoms with Crippen molar-refractivity contribution < 1.29 is 0 Å². The van der Waals surface area contributed by atoms with Gasteiger partial charge in [-0.05, 0) is 25.2 Å². The Morgan fingerprint density at radius 3 is 2.44 bits per heavy atom. The number of nitrogens with zero attached hydrogens (tertiary/aromatic N) is 2. The van der Waals surface area contributed by atoms with Gasteiger partial charge in [-0.25, -0.2) is 4.58 Å². The van der Waals surface area contributed by atoms with E-state index >= 15 is 0 Å². The Morgan fingerprint density at radius 2 is 1.81 bits per heavy atom. The summed E-state index contributed by atoms with van der Waals surface area (Å²) in [6.45, 7) is 6.45. The second-order valence-electron chi connectivity index (χ2n) is 3.39. The van der Waals surface area contributed by atoms with Gasteiger partial charge in [-0.3, -0.25) is 0 Å². The van der Waals surface area contributed by atoms with Crippen LogP contribution in [0.4, 0.5) is 0 Å². The predicted octanol–water partition coefficient (Wildman–Crippen LogP) is 2.68. The summed E-state index contributed by atoms with van der Waals surface area (Å²) in [4.78, 5) is 0. The van der Waals surface area contributed by atoms with Crippen molar-refractivity contribution in [3.8, 4) is 10.6 Å². The SMILES string of the molecule is CC[N+](CC)=c1snc(-c2ccccc2)s1. The van der Waals surface area contributed by atoms with Gasteiger partial charge < -0.3 is 0 Å². The molecule has 4 heteroatoms. The van der Waals surface area contributed by atoms with Crippen molar-refractivity contribution >= 4 is 22.9 Å². The first kappa shape index (κ1) is 11.5. The molecule has 2 rings (SSSR count). The molecule has 2 aromatic rings. The van der Waals surface area contributed by atoms with Gasteiger partial charge in [0.05, 0.1) is 0 Å². The smallest absolute Gasteiger partial charge is 0.211 e. The molecular formula is C12H15N2S2+. The Balaban J connectivity index is 2.44. The van der Waals surface area contributed by atoms with E-state index in [9.17, 15) is 0 Å². The first-order valence-corrected chi connectivity index (χ1v) is 7.04. The highest BCUT2D eigenvalue weighted by atomic mass is 32.2. The average molecular weight is 251 g/mol. The quantitative estimate of drug-likeness (QED) is 0.766. The van der Waals surface area contributed by atoms with Crippen molar-refractivity contribution in [3.63, 3.8) is 0 Å². The van der Waals surface area contributed by atoms with E-state index < -0.39 is 0 Å². The number of hydrogen-bond donors (Lipinski definition) is 0. The number of rotatable bonds is 3. The fourth-order valence-electron chi connectivity index (χ4n) is 1.50. The molecule has 1 heterocycles. The second-order valence-corrected chi connectivity index (χ2v) is 5.38. The van der Waals surface area contributed by atoms with Crippen LogP contribution in [0.1, 0.15) is 13.8 Å². The van der Waals surface area contributed by atoms with Crippen LogP contribution in [0.3, 0.4) is 0 Å². The Morgan fingerprint density at radius 1 is 1.12 bits per heavy atom. The Bertz CT molecular complexity index is 505. The molecule has 0 spiro atoms. The molecule has 1 aromatic carbocycles. The molecule has 0 bridgehead atoms.